The van der Waals surface area contributed by atoms with Crippen molar-refractivity contribution in [1.82, 2.24) is 9.88 Å². The van der Waals surface area contributed by atoms with Crippen molar-refractivity contribution >= 4 is 16.6 Å². The van der Waals surface area contributed by atoms with E-state index in [4.69, 9.17) is 0 Å². The molecule has 0 atom stereocenters. The molecule has 1 aromatic heterocycles. The monoisotopic (exact) mass is 316 g/mol. The predicted molar refractivity (Wildman–Crippen MR) is 96.9 cm³/mol. The molecule has 1 N–H and O–H groups in total. The average Bonchev–Trinajstić information content (AvgIpc) is 3.01. The van der Waals surface area contributed by atoms with Gasteiger partial charge < -0.3 is 9.88 Å². The van der Waals surface area contributed by atoms with E-state index in [0.717, 1.165) is 43.8 Å². The third kappa shape index (κ3) is 2.75. The summed E-state index contributed by atoms with van der Waals surface area (Å²) in [5.41, 5.74) is 4.16. The third-order valence-electron chi connectivity index (χ3n) is 4.80. The molecule has 0 saturated carbocycles. The first-order valence-electron chi connectivity index (χ1n) is 8.37. The van der Waals surface area contributed by atoms with Crippen LogP contribution in [-0.2, 0) is 6.54 Å². The lowest BCUT2D eigenvalue weighted by Gasteiger charge is -2.36. The lowest BCUT2D eigenvalue weighted by atomic mass is 10.1. The third-order valence-corrected chi connectivity index (χ3v) is 4.80. The molecule has 0 unspecified atom stereocenters. The summed E-state index contributed by atoms with van der Waals surface area (Å²) in [6.45, 7) is 4.90. The Morgan fingerprint density at radius 1 is 0.917 bits per heavy atom. The lowest BCUT2D eigenvalue weighted by molar-refractivity contribution is 0.250. The van der Waals surface area contributed by atoms with Gasteiger partial charge >= 0.3 is 0 Å². The molecule has 4 rings (SSSR count). The van der Waals surface area contributed by atoms with Crippen LogP contribution in [0.25, 0.3) is 10.9 Å². The van der Waals surface area contributed by atoms with Crippen LogP contribution >= 0.6 is 0 Å². The van der Waals surface area contributed by atoms with Crippen molar-refractivity contribution in [3.05, 3.63) is 65.9 Å². The summed E-state index contributed by atoms with van der Waals surface area (Å²) in [5, 5.41) is 10.6. The standard InChI is InChI=1S/C20H20N4/c21-14-20-18(17-8-4-5-9-19(17)22-20)15-23-10-12-24(13-11-23)16-6-2-1-3-7-16/h1-9,22H,10-13,15H2. The summed E-state index contributed by atoms with van der Waals surface area (Å²) < 4.78 is 0. The molecular formula is C20H20N4. The Bertz CT molecular complexity index is 868. The van der Waals surface area contributed by atoms with Gasteiger partial charge in [-0.15, -0.1) is 0 Å². The number of hydrogen-bond donors (Lipinski definition) is 1. The molecular weight excluding hydrogens is 296 g/mol. The van der Waals surface area contributed by atoms with Crippen molar-refractivity contribution in [2.45, 2.75) is 6.54 Å². The molecule has 3 aromatic rings. The van der Waals surface area contributed by atoms with Gasteiger partial charge in [-0.05, 0) is 18.2 Å². The van der Waals surface area contributed by atoms with E-state index in [-0.39, 0.29) is 0 Å². The molecule has 24 heavy (non-hydrogen) atoms. The van der Waals surface area contributed by atoms with Crippen molar-refractivity contribution in [3.63, 3.8) is 0 Å². The number of nitrogens with one attached hydrogen (secondary N) is 1. The highest BCUT2D eigenvalue weighted by atomic mass is 15.3. The molecule has 2 aromatic carbocycles. The first-order valence-corrected chi connectivity index (χ1v) is 8.37. The highest BCUT2D eigenvalue weighted by Gasteiger charge is 2.20. The van der Waals surface area contributed by atoms with Gasteiger partial charge in [-0.25, -0.2) is 0 Å². The van der Waals surface area contributed by atoms with E-state index in [1.54, 1.807) is 0 Å². The number of rotatable bonds is 3. The maximum Gasteiger partial charge on any atom is 0.123 e. The topological polar surface area (TPSA) is 46.1 Å². The Morgan fingerprint density at radius 3 is 2.38 bits per heavy atom. The number of aromatic amines is 1. The zero-order chi connectivity index (χ0) is 16.4. The lowest BCUT2D eigenvalue weighted by Crippen LogP contribution is -2.46. The Morgan fingerprint density at radius 2 is 1.62 bits per heavy atom. The Labute approximate surface area is 141 Å². The van der Waals surface area contributed by atoms with Crippen molar-refractivity contribution in [2.24, 2.45) is 0 Å². The summed E-state index contributed by atoms with van der Waals surface area (Å²) in [6.07, 6.45) is 0. The molecule has 0 radical (unpaired) electrons. The van der Waals surface area contributed by atoms with Crippen LogP contribution in [0, 0.1) is 11.3 Å². The molecule has 0 spiro atoms. The minimum absolute atomic E-state index is 0.696. The number of fused-ring (bicyclic) bond motifs is 1. The van der Waals surface area contributed by atoms with Crippen LogP contribution in [0.15, 0.2) is 54.6 Å². The maximum absolute atomic E-state index is 9.43. The summed E-state index contributed by atoms with van der Waals surface area (Å²) in [6, 6.07) is 21.1. The number of para-hydroxylation sites is 2. The molecule has 4 heteroatoms. The molecule has 1 aliphatic rings. The molecule has 2 heterocycles. The van der Waals surface area contributed by atoms with Gasteiger partial charge in [-0.2, -0.15) is 5.26 Å². The second kappa shape index (κ2) is 6.38. The van der Waals surface area contributed by atoms with Crippen molar-refractivity contribution < 1.29 is 0 Å². The quantitative estimate of drug-likeness (QED) is 0.806. The molecule has 0 amide bonds. The second-order valence-corrected chi connectivity index (χ2v) is 6.23. The van der Waals surface area contributed by atoms with Crippen molar-refractivity contribution in [1.29, 1.82) is 5.26 Å². The summed E-state index contributed by atoms with van der Waals surface area (Å²) in [7, 11) is 0. The van der Waals surface area contributed by atoms with Crippen molar-refractivity contribution in [3.8, 4) is 6.07 Å². The van der Waals surface area contributed by atoms with Crippen LogP contribution in [0.4, 0.5) is 5.69 Å². The second-order valence-electron chi connectivity index (χ2n) is 6.23. The van der Waals surface area contributed by atoms with E-state index in [1.807, 2.05) is 18.2 Å². The largest absolute Gasteiger partial charge is 0.369 e. The normalized spacial score (nSPS) is 15.5. The van der Waals surface area contributed by atoms with Gasteiger partial charge in [0.1, 0.15) is 11.8 Å². The van der Waals surface area contributed by atoms with Crippen molar-refractivity contribution in [2.75, 3.05) is 31.1 Å². The molecule has 1 fully saturated rings. The van der Waals surface area contributed by atoms with Gasteiger partial charge in [0.05, 0.1) is 0 Å². The van der Waals surface area contributed by atoms with Gasteiger partial charge in [0.25, 0.3) is 0 Å². The van der Waals surface area contributed by atoms with Gasteiger partial charge in [0.2, 0.25) is 0 Å². The van der Waals surface area contributed by atoms with Gasteiger partial charge in [-0.3, -0.25) is 4.90 Å². The molecule has 1 saturated heterocycles. The van der Waals surface area contributed by atoms with E-state index < -0.39 is 0 Å². The number of aromatic nitrogens is 1. The van der Waals surface area contributed by atoms with E-state index >= 15 is 0 Å². The predicted octanol–water partition coefficient (Wildman–Crippen LogP) is 3.36. The highest BCUT2D eigenvalue weighted by Crippen LogP contribution is 2.24. The van der Waals surface area contributed by atoms with E-state index in [2.05, 4.69) is 57.3 Å². The summed E-state index contributed by atoms with van der Waals surface area (Å²) >= 11 is 0. The molecule has 4 nitrogen and oxygen atoms in total. The molecule has 120 valence electrons. The molecule has 0 bridgehead atoms. The number of H-pyrrole nitrogens is 1. The summed E-state index contributed by atoms with van der Waals surface area (Å²) in [5.74, 6) is 0. The number of nitriles is 1. The molecule has 1 aliphatic heterocycles. The Balaban J connectivity index is 1.49. The average molecular weight is 316 g/mol. The van der Waals surface area contributed by atoms with Crippen LogP contribution < -0.4 is 4.90 Å². The van der Waals surface area contributed by atoms with E-state index in [1.165, 1.54) is 11.1 Å². The van der Waals surface area contributed by atoms with Gasteiger partial charge in [0, 0.05) is 54.9 Å². The van der Waals surface area contributed by atoms with Crippen LogP contribution in [0.1, 0.15) is 11.3 Å². The maximum atomic E-state index is 9.43. The fraction of sp³-hybridized carbons (Fsp3) is 0.250. The van der Waals surface area contributed by atoms with E-state index in [0.29, 0.717) is 5.69 Å². The van der Waals surface area contributed by atoms with Gasteiger partial charge in [-0.1, -0.05) is 36.4 Å². The summed E-state index contributed by atoms with van der Waals surface area (Å²) in [4.78, 5) is 8.11. The van der Waals surface area contributed by atoms with E-state index in [9.17, 15) is 5.26 Å². The zero-order valence-corrected chi connectivity index (χ0v) is 13.6. The number of benzene rings is 2. The first-order chi connectivity index (χ1) is 11.8. The number of piperazine rings is 1. The van der Waals surface area contributed by atoms with Crippen LogP contribution in [-0.4, -0.2) is 36.1 Å². The number of anilines is 1. The minimum Gasteiger partial charge on any atom is -0.369 e. The number of hydrogen-bond acceptors (Lipinski definition) is 3. The highest BCUT2D eigenvalue weighted by molar-refractivity contribution is 5.85. The van der Waals surface area contributed by atoms with Gasteiger partial charge in [0.15, 0.2) is 0 Å². The zero-order valence-electron chi connectivity index (χ0n) is 13.6. The van der Waals surface area contributed by atoms with Crippen LogP contribution in [0.2, 0.25) is 0 Å². The Hall–Kier alpha value is -2.77. The molecule has 0 aliphatic carbocycles. The van der Waals surface area contributed by atoms with Crippen LogP contribution in [0.5, 0.6) is 0 Å². The fourth-order valence-electron chi connectivity index (χ4n) is 3.49. The Kier molecular flexibility index (Phi) is 3.94. The minimum atomic E-state index is 0.696. The first kappa shape index (κ1) is 14.8. The fourth-order valence-corrected chi connectivity index (χ4v) is 3.49. The number of nitrogens with zero attached hydrogens (tertiary/aromatic N) is 3. The SMILES string of the molecule is N#Cc1[nH]c2ccccc2c1CN1CCN(c2ccccc2)CC1. The smallest absolute Gasteiger partial charge is 0.123 e. The van der Waals surface area contributed by atoms with Crippen LogP contribution in [0.3, 0.4) is 0 Å².